The summed E-state index contributed by atoms with van der Waals surface area (Å²) in [4.78, 5) is 24.3. The summed E-state index contributed by atoms with van der Waals surface area (Å²) in [7, 11) is 0. The first-order valence-corrected chi connectivity index (χ1v) is 7.45. The van der Waals surface area contributed by atoms with Crippen LogP contribution in [0.5, 0.6) is 0 Å². The van der Waals surface area contributed by atoms with E-state index in [2.05, 4.69) is 19.2 Å². The maximum atomic E-state index is 12.0. The van der Waals surface area contributed by atoms with Gasteiger partial charge in [0, 0.05) is 11.8 Å². The minimum absolute atomic E-state index is 0.0833. The third-order valence-electron chi connectivity index (χ3n) is 2.98. The Hall–Kier alpha value is -0.910. The lowest BCUT2D eigenvalue weighted by Gasteiger charge is -2.23. The Morgan fingerprint density at radius 1 is 1.39 bits per heavy atom. The normalized spacial score (nSPS) is 21.1. The first kappa shape index (κ1) is 15.1. The minimum Gasteiger partial charge on any atom is -0.480 e. The predicted molar refractivity (Wildman–Crippen MR) is 72.7 cm³/mol. The van der Waals surface area contributed by atoms with E-state index in [1.54, 1.807) is 0 Å². The Morgan fingerprint density at radius 3 is 2.61 bits per heavy atom. The number of carboxylic acid groups (broad SMARTS) is 1. The van der Waals surface area contributed by atoms with Gasteiger partial charge >= 0.3 is 12.0 Å². The molecule has 5 nitrogen and oxygen atoms in total. The fourth-order valence-electron chi connectivity index (χ4n) is 1.80. The number of rotatable bonds is 5. The van der Waals surface area contributed by atoms with Crippen molar-refractivity contribution in [2.24, 2.45) is 5.92 Å². The molecule has 0 saturated carbocycles. The molecule has 0 aromatic carbocycles. The molecular formula is C12H22N2O3S. The van der Waals surface area contributed by atoms with E-state index >= 15 is 0 Å². The summed E-state index contributed by atoms with van der Waals surface area (Å²) in [6, 6.07) is -0.865. The van der Waals surface area contributed by atoms with E-state index in [1.807, 2.05) is 6.92 Å². The van der Waals surface area contributed by atoms with E-state index < -0.39 is 12.0 Å². The molecular weight excluding hydrogens is 252 g/mol. The van der Waals surface area contributed by atoms with Gasteiger partial charge in [-0.1, -0.05) is 13.8 Å². The molecule has 18 heavy (non-hydrogen) atoms. The summed E-state index contributed by atoms with van der Waals surface area (Å²) in [5, 5.41) is 11.9. The van der Waals surface area contributed by atoms with E-state index in [-0.39, 0.29) is 12.1 Å². The van der Waals surface area contributed by atoms with Crippen molar-refractivity contribution in [2.45, 2.75) is 45.7 Å². The summed E-state index contributed by atoms with van der Waals surface area (Å²) in [5.41, 5.74) is 0. The van der Waals surface area contributed by atoms with Crippen LogP contribution in [0, 0.1) is 5.92 Å². The molecule has 104 valence electrons. The van der Waals surface area contributed by atoms with Crippen molar-refractivity contribution in [1.82, 2.24) is 10.2 Å². The second kappa shape index (κ2) is 6.87. The number of hydrogen-bond acceptors (Lipinski definition) is 3. The number of urea groups is 1. The van der Waals surface area contributed by atoms with Crippen LogP contribution in [0.3, 0.4) is 0 Å². The highest BCUT2D eigenvalue weighted by Crippen LogP contribution is 2.21. The van der Waals surface area contributed by atoms with Crippen LogP contribution in [-0.2, 0) is 4.79 Å². The molecule has 1 aliphatic heterocycles. The van der Waals surface area contributed by atoms with Crippen molar-refractivity contribution < 1.29 is 14.7 Å². The third-order valence-corrected chi connectivity index (χ3v) is 3.99. The molecule has 0 spiro atoms. The van der Waals surface area contributed by atoms with Crippen LogP contribution in [-0.4, -0.2) is 45.7 Å². The summed E-state index contributed by atoms with van der Waals surface area (Å²) in [6.07, 6.45) is 1.97. The number of aliphatic carboxylic acids is 1. The van der Waals surface area contributed by atoms with E-state index in [0.717, 1.165) is 12.8 Å². The van der Waals surface area contributed by atoms with Gasteiger partial charge in [0.05, 0.1) is 5.88 Å². The van der Waals surface area contributed by atoms with Crippen LogP contribution in [0.25, 0.3) is 0 Å². The molecule has 0 radical (unpaired) electrons. The summed E-state index contributed by atoms with van der Waals surface area (Å²) >= 11 is 1.48. The Bertz CT molecular complexity index is 310. The fourth-order valence-corrected chi connectivity index (χ4v) is 2.94. The Balaban J connectivity index is 2.42. The third kappa shape index (κ3) is 4.40. The maximum absolute atomic E-state index is 12.0. The number of carbonyl (C=O) groups is 2. The van der Waals surface area contributed by atoms with Crippen molar-refractivity contribution >= 4 is 23.8 Å². The maximum Gasteiger partial charge on any atom is 0.327 e. The molecule has 6 heteroatoms. The summed E-state index contributed by atoms with van der Waals surface area (Å²) in [5.74, 6) is 0.617. The second-order valence-electron chi connectivity index (χ2n) is 5.15. The number of nitrogens with zero attached hydrogens (tertiary/aromatic N) is 1. The van der Waals surface area contributed by atoms with Crippen molar-refractivity contribution in [2.75, 3.05) is 11.6 Å². The first-order valence-electron chi connectivity index (χ1n) is 6.29. The zero-order chi connectivity index (χ0) is 13.7. The molecule has 1 unspecified atom stereocenters. The van der Waals surface area contributed by atoms with E-state index in [9.17, 15) is 9.59 Å². The van der Waals surface area contributed by atoms with E-state index in [1.165, 1.54) is 16.7 Å². The quantitative estimate of drug-likeness (QED) is 0.804. The molecule has 1 fully saturated rings. The smallest absolute Gasteiger partial charge is 0.327 e. The lowest BCUT2D eigenvalue weighted by molar-refractivity contribution is -0.140. The molecule has 1 rings (SSSR count). The van der Waals surface area contributed by atoms with Crippen LogP contribution in [0.15, 0.2) is 0 Å². The predicted octanol–water partition coefficient (Wildman–Crippen LogP) is 1.98. The van der Waals surface area contributed by atoms with Crippen LogP contribution < -0.4 is 5.32 Å². The van der Waals surface area contributed by atoms with Gasteiger partial charge in [0.2, 0.25) is 0 Å². The molecule has 0 bridgehead atoms. The second-order valence-corrected chi connectivity index (χ2v) is 6.15. The zero-order valence-electron chi connectivity index (χ0n) is 11.2. The van der Waals surface area contributed by atoms with Gasteiger partial charge in [0.25, 0.3) is 0 Å². The van der Waals surface area contributed by atoms with Gasteiger partial charge in [-0.05, 0) is 25.7 Å². The lowest BCUT2D eigenvalue weighted by Crippen LogP contribution is -2.49. The van der Waals surface area contributed by atoms with Crippen molar-refractivity contribution in [3.8, 4) is 0 Å². The van der Waals surface area contributed by atoms with E-state index in [0.29, 0.717) is 17.5 Å². The fraction of sp³-hybridized carbons (Fsp3) is 0.833. The number of hydrogen-bond donors (Lipinski definition) is 2. The summed E-state index contributed by atoms with van der Waals surface area (Å²) in [6.45, 7) is 6.25. The monoisotopic (exact) mass is 274 g/mol. The lowest BCUT2D eigenvalue weighted by atomic mass is 10.0. The number of thioether (sulfide) groups is 1. The SMILES string of the molecule is CC(C)CCC(C)NC(=O)N1CSC[C@H]1C(=O)O. The van der Waals surface area contributed by atoms with Crippen LogP contribution in [0.2, 0.25) is 0 Å². The van der Waals surface area contributed by atoms with E-state index in [4.69, 9.17) is 5.11 Å². The van der Waals surface area contributed by atoms with Gasteiger partial charge in [-0.25, -0.2) is 9.59 Å². The van der Waals surface area contributed by atoms with Gasteiger partial charge in [0.15, 0.2) is 0 Å². The van der Waals surface area contributed by atoms with Crippen molar-refractivity contribution in [3.05, 3.63) is 0 Å². The Kier molecular flexibility index (Phi) is 5.78. The average molecular weight is 274 g/mol. The van der Waals surface area contributed by atoms with Crippen molar-refractivity contribution in [3.63, 3.8) is 0 Å². The highest BCUT2D eigenvalue weighted by molar-refractivity contribution is 7.99. The van der Waals surface area contributed by atoms with Gasteiger partial charge in [0.1, 0.15) is 6.04 Å². The minimum atomic E-state index is -0.926. The van der Waals surface area contributed by atoms with Gasteiger partial charge in [-0.3, -0.25) is 0 Å². The Labute approximate surface area is 112 Å². The molecule has 0 aromatic heterocycles. The number of amides is 2. The average Bonchev–Trinajstić information content (AvgIpc) is 2.75. The van der Waals surface area contributed by atoms with Gasteiger partial charge < -0.3 is 15.3 Å². The number of carboxylic acids is 1. The number of nitrogens with one attached hydrogen (secondary N) is 1. The Morgan fingerprint density at radius 2 is 2.06 bits per heavy atom. The topological polar surface area (TPSA) is 69.6 Å². The molecule has 1 aliphatic rings. The molecule has 2 atom stereocenters. The van der Waals surface area contributed by atoms with Gasteiger partial charge in [-0.2, -0.15) is 0 Å². The molecule has 2 amide bonds. The standard InChI is InChI=1S/C12H22N2O3S/c1-8(2)4-5-9(3)13-12(17)14-7-18-6-10(14)11(15)16/h8-10H,4-7H2,1-3H3,(H,13,17)(H,15,16)/t9?,10-/m0/s1. The number of carbonyl (C=O) groups excluding carboxylic acids is 1. The van der Waals surface area contributed by atoms with Gasteiger partial charge in [-0.15, -0.1) is 11.8 Å². The zero-order valence-corrected chi connectivity index (χ0v) is 12.0. The molecule has 0 aliphatic carbocycles. The highest BCUT2D eigenvalue weighted by atomic mass is 32.2. The van der Waals surface area contributed by atoms with Crippen LogP contribution in [0.1, 0.15) is 33.6 Å². The molecule has 0 aromatic rings. The van der Waals surface area contributed by atoms with Crippen LogP contribution in [0.4, 0.5) is 4.79 Å². The molecule has 1 heterocycles. The summed E-state index contributed by atoms with van der Waals surface area (Å²) < 4.78 is 0. The first-order chi connectivity index (χ1) is 8.41. The van der Waals surface area contributed by atoms with Crippen molar-refractivity contribution in [1.29, 1.82) is 0 Å². The molecule has 1 saturated heterocycles. The highest BCUT2D eigenvalue weighted by Gasteiger charge is 2.34. The molecule has 2 N–H and O–H groups in total. The largest absolute Gasteiger partial charge is 0.480 e. The van der Waals surface area contributed by atoms with Crippen LogP contribution >= 0.6 is 11.8 Å².